The standard InChI is InChI=1S/C16H14N4O4S/c1-10-7-13(11(2)19(10)16-17-5-6-25-16)14(21)9-18-8-12(20(23)24)3-4-15(18)22/h3-8H,9H2,1-2H3. The highest BCUT2D eigenvalue weighted by atomic mass is 32.1. The Morgan fingerprint density at radius 3 is 2.76 bits per heavy atom. The van der Waals surface area contributed by atoms with Gasteiger partial charge in [0.15, 0.2) is 10.9 Å². The molecule has 9 heteroatoms. The average molecular weight is 358 g/mol. The van der Waals surface area contributed by atoms with Crippen molar-refractivity contribution in [2.24, 2.45) is 0 Å². The Bertz CT molecular complexity index is 1020. The van der Waals surface area contributed by atoms with Crippen LogP contribution in [-0.4, -0.2) is 24.8 Å². The minimum absolute atomic E-state index is 0.236. The van der Waals surface area contributed by atoms with Crippen LogP contribution in [0.15, 0.2) is 40.8 Å². The molecule has 25 heavy (non-hydrogen) atoms. The third-order valence-corrected chi connectivity index (χ3v) is 4.59. The molecule has 0 aliphatic rings. The van der Waals surface area contributed by atoms with Crippen LogP contribution in [0.4, 0.5) is 5.69 Å². The van der Waals surface area contributed by atoms with Gasteiger partial charge < -0.3 is 4.57 Å². The number of nitro groups is 1. The van der Waals surface area contributed by atoms with Crippen LogP contribution in [-0.2, 0) is 6.54 Å². The average Bonchev–Trinajstić information content (AvgIpc) is 3.17. The highest BCUT2D eigenvalue weighted by Crippen LogP contribution is 2.23. The number of Topliss-reactive ketones (excluding diaryl/α,β-unsaturated/α-hetero) is 1. The number of nitrogens with zero attached hydrogens (tertiary/aromatic N) is 4. The van der Waals surface area contributed by atoms with E-state index in [1.54, 1.807) is 19.2 Å². The van der Waals surface area contributed by atoms with Gasteiger partial charge in [0.1, 0.15) is 0 Å². The molecule has 3 aromatic heterocycles. The lowest BCUT2D eigenvalue weighted by molar-refractivity contribution is -0.385. The molecule has 0 aliphatic heterocycles. The first-order valence-electron chi connectivity index (χ1n) is 7.35. The van der Waals surface area contributed by atoms with Crippen LogP contribution in [0.5, 0.6) is 0 Å². The second-order valence-electron chi connectivity index (χ2n) is 5.47. The fourth-order valence-corrected chi connectivity index (χ4v) is 3.41. The van der Waals surface area contributed by atoms with Crippen LogP contribution in [0.2, 0.25) is 0 Å². The number of rotatable bonds is 5. The molecule has 0 aliphatic carbocycles. The maximum atomic E-state index is 12.6. The summed E-state index contributed by atoms with van der Waals surface area (Å²) in [5.74, 6) is -0.293. The van der Waals surface area contributed by atoms with Gasteiger partial charge in [-0.2, -0.15) is 0 Å². The monoisotopic (exact) mass is 358 g/mol. The molecule has 0 N–H and O–H groups in total. The number of hydrogen-bond acceptors (Lipinski definition) is 6. The highest BCUT2D eigenvalue weighted by molar-refractivity contribution is 7.12. The lowest BCUT2D eigenvalue weighted by Gasteiger charge is -2.06. The van der Waals surface area contributed by atoms with E-state index in [9.17, 15) is 19.7 Å². The van der Waals surface area contributed by atoms with Crippen molar-refractivity contribution in [1.29, 1.82) is 0 Å². The number of hydrogen-bond donors (Lipinski definition) is 0. The minimum Gasteiger partial charge on any atom is -0.301 e. The topological polar surface area (TPSA) is 100 Å². The van der Waals surface area contributed by atoms with E-state index in [0.29, 0.717) is 5.56 Å². The van der Waals surface area contributed by atoms with Gasteiger partial charge in [-0.1, -0.05) is 0 Å². The van der Waals surface area contributed by atoms with Gasteiger partial charge in [-0.3, -0.25) is 24.3 Å². The summed E-state index contributed by atoms with van der Waals surface area (Å²) in [5, 5.41) is 13.4. The largest absolute Gasteiger partial charge is 0.301 e. The van der Waals surface area contributed by atoms with E-state index in [-0.39, 0.29) is 18.0 Å². The summed E-state index contributed by atoms with van der Waals surface area (Å²) in [7, 11) is 0. The second kappa shape index (κ2) is 6.44. The number of thiazole rings is 1. The van der Waals surface area contributed by atoms with Gasteiger partial charge in [0.25, 0.3) is 11.2 Å². The molecule has 128 valence electrons. The second-order valence-corrected chi connectivity index (χ2v) is 6.34. The van der Waals surface area contributed by atoms with Gasteiger partial charge in [0.05, 0.1) is 17.7 Å². The molecular formula is C16H14N4O4S. The quantitative estimate of drug-likeness (QED) is 0.396. The summed E-state index contributed by atoms with van der Waals surface area (Å²) in [5.41, 5.74) is 1.33. The molecule has 0 atom stereocenters. The van der Waals surface area contributed by atoms with Crippen LogP contribution in [0.25, 0.3) is 5.13 Å². The van der Waals surface area contributed by atoms with Gasteiger partial charge in [-0.25, -0.2) is 4.98 Å². The predicted octanol–water partition coefficient (Wildman–Crippen LogP) is 2.50. The van der Waals surface area contributed by atoms with Crippen LogP contribution in [0.3, 0.4) is 0 Å². The van der Waals surface area contributed by atoms with E-state index in [1.165, 1.54) is 11.3 Å². The number of aryl methyl sites for hydroxylation is 1. The van der Waals surface area contributed by atoms with E-state index < -0.39 is 10.5 Å². The van der Waals surface area contributed by atoms with Crippen molar-refractivity contribution in [2.75, 3.05) is 0 Å². The Balaban J connectivity index is 1.96. The number of carbonyl (C=O) groups is 1. The lowest BCUT2D eigenvalue weighted by atomic mass is 10.1. The molecule has 0 unspecified atom stereocenters. The lowest BCUT2D eigenvalue weighted by Crippen LogP contribution is -2.23. The predicted molar refractivity (Wildman–Crippen MR) is 92.6 cm³/mol. The Kier molecular flexibility index (Phi) is 4.32. The molecule has 0 fully saturated rings. The molecule has 0 saturated heterocycles. The number of pyridine rings is 1. The molecule has 3 heterocycles. The van der Waals surface area contributed by atoms with Crippen molar-refractivity contribution < 1.29 is 9.72 Å². The molecular weight excluding hydrogens is 344 g/mol. The van der Waals surface area contributed by atoms with Gasteiger partial charge >= 0.3 is 0 Å². The molecule has 3 aromatic rings. The Hall–Kier alpha value is -3.07. The zero-order valence-corrected chi connectivity index (χ0v) is 14.3. The first-order valence-corrected chi connectivity index (χ1v) is 8.23. The van der Waals surface area contributed by atoms with E-state index in [0.717, 1.165) is 39.4 Å². The summed E-state index contributed by atoms with van der Waals surface area (Å²) < 4.78 is 2.92. The molecule has 0 radical (unpaired) electrons. The third-order valence-electron chi connectivity index (χ3n) is 3.83. The fraction of sp³-hybridized carbons (Fsp3) is 0.188. The molecule has 3 rings (SSSR count). The van der Waals surface area contributed by atoms with Crippen LogP contribution >= 0.6 is 11.3 Å². The van der Waals surface area contributed by atoms with Crippen molar-refractivity contribution in [3.05, 3.63) is 73.4 Å². The first-order chi connectivity index (χ1) is 11.9. The van der Waals surface area contributed by atoms with E-state index in [4.69, 9.17) is 0 Å². The molecule has 0 spiro atoms. The van der Waals surface area contributed by atoms with E-state index >= 15 is 0 Å². The molecule has 0 aromatic carbocycles. The van der Waals surface area contributed by atoms with Crippen LogP contribution < -0.4 is 5.56 Å². The summed E-state index contributed by atoms with van der Waals surface area (Å²) >= 11 is 1.45. The number of ketones is 1. The van der Waals surface area contributed by atoms with E-state index in [1.807, 2.05) is 16.9 Å². The number of carbonyl (C=O) groups excluding carboxylic acids is 1. The maximum Gasteiger partial charge on any atom is 0.285 e. The maximum absolute atomic E-state index is 12.6. The van der Waals surface area contributed by atoms with Crippen LogP contribution in [0, 0.1) is 24.0 Å². The van der Waals surface area contributed by atoms with Crippen molar-refractivity contribution >= 4 is 22.8 Å². The zero-order chi connectivity index (χ0) is 18.1. The smallest absolute Gasteiger partial charge is 0.285 e. The highest BCUT2D eigenvalue weighted by Gasteiger charge is 2.19. The molecule has 0 bridgehead atoms. The fourth-order valence-electron chi connectivity index (χ4n) is 2.66. The SMILES string of the molecule is Cc1cc(C(=O)Cn2cc([N+](=O)[O-])ccc2=O)c(C)n1-c1nccs1. The van der Waals surface area contributed by atoms with Crippen molar-refractivity contribution in [3.8, 4) is 5.13 Å². The summed E-state index contributed by atoms with van der Waals surface area (Å²) in [4.78, 5) is 39.0. The third kappa shape index (κ3) is 3.13. The minimum atomic E-state index is -0.602. The van der Waals surface area contributed by atoms with Crippen molar-refractivity contribution in [1.82, 2.24) is 14.1 Å². The van der Waals surface area contributed by atoms with Crippen molar-refractivity contribution in [2.45, 2.75) is 20.4 Å². The van der Waals surface area contributed by atoms with Gasteiger partial charge in [-0.05, 0) is 19.9 Å². The summed E-state index contributed by atoms with van der Waals surface area (Å²) in [6.07, 6.45) is 2.77. The van der Waals surface area contributed by atoms with Crippen molar-refractivity contribution in [3.63, 3.8) is 0 Å². The Morgan fingerprint density at radius 2 is 2.12 bits per heavy atom. The van der Waals surface area contributed by atoms with Gasteiger partial charge in [0.2, 0.25) is 0 Å². The zero-order valence-electron chi connectivity index (χ0n) is 13.5. The molecule has 8 nitrogen and oxygen atoms in total. The number of aromatic nitrogens is 3. The van der Waals surface area contributed by atoms with Gasteiger partial charge in [-0.15, -0.1) is 11.3 Å². The summed E-state index contributed by atoms with van der Waals surface area (Å²) in [6.45, 7) is 3.41. The summed E-state index contributed by atoms with van der Waals surface area (Å²) in [6, 6.07) is 3.95. The van der Waals surface area contributed by atoms with E-state index in [2.05, 4.69) is 4.98 Å². The normalized spacial score (nSPS) is 10.8. The van der Waals surface area contributed by atoms with Gasteiger partial charge in [0, 0.05) is 40.7 Å². The molecule has 0 amide bonds. The first kappa shape index (κ1) is 16.8. The van der Waals surface area contributed by atoms with Crippen LogP contribution in [0.1, 0.15) is 21.7 Å². The molecule has 0 saturated carbocycles. The Labute approximate surface area is 146 Å². The Morgan fingerprint density at radius 1 is 1.36 bits per heavy atom.